The smallest absolute Gasteiger partial charge is 0.220 e. The summed E-state index contributed by atoms with van der Waals surface area (Å²) in [4.78, 5) is 13.0. The molecule has 9 heteroatoms. The van der Waals surface area contributed by atoms with Gasteiger partial charge in [0, 0.05) is 6.42 Å². The van der Waals surface area contributed by atoms with E-state index in [-0.39, 0.29) is 12.5 Å². The van der Waals surface area contributed by atoms with Gasteiger partial charge in [0.2, 0.25) is 5.91 Å². The van der Waals surface area contributed by atoms with Crippen molar-refractivity contribution in [2.24, 2.45) is 0 Å². The van der Waals surface area contributed by atoms with Gasteiger partial charge in [0.15, 0.2) is 6.29 Å². The minimum Gasteiger partial charge on any atom is -0.394 e. The maximum Gasteiger partial charge on any atom is 0.220 e. The number of aliphatic hydroxyl groups excluding tert-OH is 5. The van der Waals surface area contributed by atoms with Crippen LogP contribution in [0.1, 0.15) is 245 Å². The van der Waals surface area contributed by atoms with Crippen LogP contribution >= 0.6 is 0 Å². The third-order valence-corrected chi connectivity index (χ3v) is 12.5. The van der Waals surface area contributed by atoms with Gasteiger partial charge in [-0.25, -0.2) is 0 Å². The monoisotopic (exact) mass is 866 g/mol. The molecule has 0 saturated carbocycles. The largest absolute Gasteiger partial charge is 0.394 e. The number of carbonyl (C=O) groups excluding carboxylic acids is 1. The summed E-state index contributed by atoms with van der Waals surface area (Å²) in [6.45, 7) is 3.79. The topological polar surface area (TPSA) is 149 Å². The normalized spacial score (nSPS) is 20.5. The molecule has 1 aliphatic heterocycles. The molecule has 360 valence electrons. The molecule has 7 atom stereocenters. The van der Waals surface area contributed by atoms with E-state index in [9.17, 15) is 30.3 Å². The van der Waals surface area contributed by atoms with Crippen molar-refractivity contribution in [1.29, 1.82) is 0 Å². The third-order valence-electron chi connectivity index (χ3n) is 12.5. The number of amides is 1. The number of hydrogen-bond acceptors (Lipinski definition) is 8. The third kappa shape index (κ3) is 32.9. The Kier molecular flexibility index (Phi) is 40.3. The van der Waals surface area contributed by atoms with Crippen molar-refractivity contribution < 1.29 is 39.8 Å². The van der Waals surface area contributed by atoms with Crippen LogP contribution in [0.4, 0.5) is 0 Å². The van der Waals surface area contributed by atoms with Crippen LogP contribution in [0, 0.1) is 0 Å². The highest BCUT2D eigenvalue weighted by atomic mass is 16.7. The second-order valence-electron chi connectivity index (χ2n) is 18.3. The second-order valence-corrected chi connectivity index (χ2v) is 18.3. The number of carbonyl (C=O) groups is 1. The SMILES string of the molecule is CCCCCCCC/C=C\CCCCCCCCCC(=O)NC(COC1OC(CO)C(O)C(O)C1O)C(O)/C=C/CCCCCCCCCCCCCCCCCCCCC. The van der Waals surface area contributed by atoms with E-state index in [1.807, 2.05) is 6.08 Å². The lowest BCUT2D eigenvalue weighted by atomic mass is 9.99. The fraction of sp³-hybridized carbons (Fsp3) is 0.904. The molecule has 1 rings (SSSR count). The van der Waals surface area contributed by atoms with E-state index in [1.54, 1.807) is 6.08 Å². The summed E-state index contributed by atoms with van der Waals surface area (Å²) in [7, 11) is 0. The standard InChI is InChI=1S/C52H99NO8/c1-3-5-7-9-11-13-15-17-19-21-22-23-24-26-27-29-31-33-35-37-39-41-46(55)45(44-60-52-51(59)50(58)49(57)47(43-54)61-52)53-48(56)42-40-38-36-34-32-30-28-25-20-18-16-14-12-10-8-6-4-2/h18,20,39,41,45-47,49-52,54-55,57-59H,3-17,19,21-38,40,42-44H2,1-2H3,(H,53,56)/b20-18-,41-39+. The number of nitrogens with one attached hydrogen (secondary N) is 1. The number of rotatable bonds is 44. The van der Waals surface area contributed by atoms with Gasteiger partial charge >= 0.3 is 0 Å². The van der Waals surface area contributed by atoms with Gasteiger partial charge in [-0.2, -0.15) is 0 Å². The van der Waals surface area contributed by atoms with Gasteiger partial charge in [-0.05, 0) is 44.9 Å². The zero-order valence-corrected chi connectivity index (χ0v) is 39.7. The first-order valence-electron chi connectivity index (χ1n) is 26.1. The minimum absolute atomic E-state index is 0.179. The van der Waals surface area contributed by atoms with E-state index >= 15 is 0 Å². The highest BCUT2D eigenvalue weighted by Gasteiger charge is 2.44. The van der Waals surface area contributed by atoms with Crippen molar-refractivity contribution in [2.75, 3.05) is 13.2 Å². The maximum absolute atomic E-state index is 13.0. The summed E-state index contributed by atoms with van der Waals surface area (Å²) < 4.78 is 11.2. The van der Waals surface area contributed by atoms with Crippen LogP contribution in [0.25, 0.3) is 0 Å². The molecule has 1 aliphatic rings. The fourth-order valence-corrected chi connectivity index (χ4v) is 8.33. The van der Waals surface area contributed by atoms with Crippen LogP contribution in [-0.4, -0.2) is 87.5 Å². The van der Waals surface area contributed by atoms with Gasteiger partial charge in [-0.3, -0.25) is 4.79 Å². The molecule has 0 radical (unpaired) electrons. The molecule has 7 unspecified atom stereocenters. The molecule has 1 saturated heterocycles. The molecule has 0 bridgehead atoms. The van der Waals surface area contributed by atoms with Crippen LogP contribution in [0.15, 0.2) is 24.3 Å². The first-order valence-corrected chi connectivity index (χ1v) is 26.1. The molecular formula is C52H99NO8. The molecule has 1 heterocycles. The molecule has 1 amide bonds. The van der Waals surface area contributed by atoms with Crippen molar-refractivity contribution in [2.45, 2.75) is 288 Å². The maximum atomic E-state index is 13.0. The molecule has 1 fully saturated rings. The summed E-state index contributed by atoms with van der Waals surface area (Å²) in [5.74, 6) is -0.179. The van der Waals surface area contributed by atoms with E-state index in [1.165, 1.54) is 180 Å². The Balaban J connectivity index is 2.29. The Morgan fingerprint density at radius 2 is 0.918 bits per heavy atom. The van der Waals surface area contributed by atoms with Crippen molar-refractivity contribution in [3.63, 3.8) is 0 Å². The van der Waals surface area contributed by atoms with Gasteiger partial charge in [0.1, 0.15) is 24.4 Å². The lowest BCUT2D eigenvalue weighted by molar-refractivity contribution is -0.302. The molecule has 9 nitrogen and oxygen atoms in total. The van der Waals surface area contributed by atoms with Gasteiger partial charge in [-0.15, -0.1) is 0 Å². The molecule has 6 N–H and O–H groups in total. The predicted molar refractivity (Wildman–Crippen MR) is 253 cm³/mol. The highest BCUT2D eigenvalue weighted by Crippen LogP contribution is 2.23. The second kappa shape index (κ2) is 42.6. The van der Waals surface area contributed by atoms with Crippen LogP contribution in [-0.2, 0) is 14.3 Å². The van der Waals surface area contributed by atoms with Crippen LogP contribution < -0.4 is 5.32 Å². The predicted octanol–water partition coefficient (Wildman–Crippen LogP) is 11.8. The van der Waals surface area contributed by atoms with Crippen LogP contribution in [0.5, 0.6) is 0 Å². The Morgan fingerprint density at radius 3 is 1.33 bits per heavy atom. The van der Waals surface area contributed by atoms with Crippen molar-refractivity contribution in [3.05, 3.63) is 24.3 Å². The summed E-state index contributed by atoms with van der Waals surface area (Å²) in [6, 6.07) is -0.805. The van der Waals surface area contributed by atoms with Gasteiger partial charge in [0.05, 0.1) is 25.4 Å². The van der Waals surface area contributed by atoms with E-state index in [4.69, 9.17) is 9.47 Å². The van der Waals surface area contributed by atoms with E-state index in [2.05, 4.69) is 31.3 Å². The first-order chi connectivity index (χ1) is 29.8. The fourth-order valence-electron chi connectivity index (χ4n) is 8.33. The Labute approximate surface area is 375 Å². The summed E-state index contributed by atoms with van der Waals surface area (Å²) in [6.07, 6.45) is 45.1. The molecule has 0 aromatic rings. The quantitative estimate of drug-likeness (QED) is 0.0262. The zero-order valence-electron chi connectivity index (χ0n) is 39.7. The molecule has 0 aromatic heterocycles. The number of hydrogen-bond donors (Lipinski definition) is 6. The number of ether oxygens (including phenoxy) is 2. The van der Waals surface area contributed by atoms with Gasteiger partial charge in [-0.1, -0.05) is 218 Å². The number of allylic oxidation sites excluding steroid dienone is 3. The molecule has 0 spiro atoms. The van der Waals surface area contributed by atoms with Crippen LogP contribution in [0.2, 0.25) is 0 Å². The van der Waals surface area contributed by atoms with Crippen molar-refractivity contribution in [1.82, 2.24) is 5.32 Å². The van der Waals surface area contributed by atoms with Gasteiger partial charge < -0.3 is 40.3 Å². The lowest BCUT2D eigenvalue weighted by Crippen LogP contribution is -2.60. The van der Waals surface area contributed by atoms with E-state index in [0.717, 1.165) is 44.9 Å². The number of aliphatic hydroxyl groups is 5. The van der Waals surface area contributed by atoms with E-state index in [0.29, 0.717) is 6.42 Å². The summed E-state index contributed by atoms with van der Waals surface area (Å²) in [5, 5.41) is 54.4. The van der Waals surface area contributed by atoms with E-state index < -0.39 is 49.5 Å². The van der Waals surface area contributed by atoms with Crippen molar-refractivity contribution in [3.8, 4) is 0 Å². The first kappa shape index (κ1) is 57.7. The Morgan fingerprint density at radius 1 is 0.541 bits per heavy atom. The Hall–Kier alpha value is -1.33. The molecular weight excluding hydrogens is 767 g/mol. The van der Waals surface area contributed by atoms with Crippen molar-refractivity contribution >= 4 is 5.91 Å². The lowest BCUT2D eigenvalue weighted by Gasteiger charge is -2.40. The average molecular weight is 866 g/mol. The molecule has 0 aliphatic carbocycles. The summed E-state index contributed by atoms with van der Waals surface area (Å²) >= 11 is 0. The average Bonchev–Trinajstić information content (AvgIpc) is 3.26. The number of unbranched alkanes of at least 4 members (excludes halogenated alkanes) is 32. The minimum atomic E-state index is -1.57. The van der Waals surface area contributed by atoms with Crippen LogP contribution in [0.3, 0.4) is 0 Å². The van der Waals surface area contributed by atoms with Gasteiger partial charge in [0.25, 0.3) is 0 Å². The molecule has 61 heavy (non-hydrogen) atoms. The highest BCUT2D eigenvalue weighted by molar-refractivity contribution is 5.76. The zero-order chi connectivity index (χ0) is 44.4. The molecule has 0 aromatic carbocycles. The summed E-state index contributed by atoms with van der Waals surface area (Å²) in [5.41, 5.74) is 0. The Bertz CT molecular complexity index is 1010.